The van der Waals surface area contributed by atoms with E-state index in [4.69, 9.17) is 0 Å². The SMILES string of the molecule is Brc1ccc2c(c1)NCCC2C1CCCCC1. The van der Waals surface area contributed by atoms with Crippen LogP contribution in [-0.2, 0) is 0 Å². The zero-order chi connectivity index (χ0) is 11.7. The van der Waals surface area contributed by atoms with Crippen molar-refractivity contribution in [3.63, 3.8) is 0 Å². The van der Waals surface area contributed by atoms with E-state index >= 15 is 0 Å². The van der Waals surface area contributed by atoms with E-state index in [0.29, 0.717) is 0 Å². The van der Waals surface area contributed by atoms with E-state index in [1.807, 2.05) is 0 Å². The predicted octanol–water partition coefficient (Wildman–Crippen LogP) is 4.93. The first-order chi connectivity index (χ1) is 8.34. The molecule has 0 radical (unpaired) electrons. The Labute approximate surface area is 112 Å². The molecule has 3 rings (SSSR count). The van der Waals surface area contributed by atoms with Gasteiger partial charge in [-0.25, -0.2) is 0 Å². The maximum atomic E-state index is 3.57. The standard InChI is InChI=1S/C15H20BrN/c16-12-6-7-14-13(8-9-17-15(14)10-12)11-4-2-1-3-5-11/h6-7,10-11,13,17H,1-5,8-9H2. The summed E-state index contributed by atoms with van der Waals surface area (Å²) in [5.74, 6) is 1.74. The lowest BCUT2D eigenvalue weighted by Gasteiger charge is -2.35. The molecule has 0 bridgehead atoms. The van der Waals surface area contributed by atoms with E-state index in [-0.39, 0.29) is 0 Å². The van der Waals surface area contributed by atoms with E-state index in [1.54, 1.807) is 5.56 Å². The highest BCUT2D eigenvalue weighted by atomic mass is 79.9. The first-order valence-corrected chi connectivity index (χ1v) is 7.67. The topological polar surface area (TPSA) is 12.0 Å². The van der Waals surface area contributed by atoms with Gasteiger partial charge in [0, 0.05) is 16.7 Å². The number of anilines is 1. The first-order valence-electron chi connectivity index (χ1n) is 6.88. The monoisotopic (exact) mass is 293 g/mol. The average Bonchev–Trinajstić information content (AvgIpc) is 2.39. The Bertz CT molecular complexity index is 396. The van der Waals surface area contributed by atoms with E-state index in [2.05, 4.69) is 39.4 Å². The molecule has 1 aromatic carbocycles. The Kier molecular flexibility index (Phi) is 3.41. The van der Waals surface area contributed by atoms with Crippen LogP contribution in [0.2, 0.25) is 0 Å². The first kappa shape index (κ1) is 11.6. The summed E-state index contributed by atoms with van der Waals surface area (Å²) in [4.78, 5) is 0. The highest BCUT2D eigenvalue weighted by Crippen LogP contribution is 2.43. The third kappa shape index (κ3) is 2.37. The summed E-state index contributed by atoms with van der Waals surface area (Å²) in [5, 5.41) is 3.54. The summed E-state index contributed by atoms with van der Waals surface area (Å²) in [6.07, 6.45) is 8.55. The number of benzene rings is 1. The number of halogens is 1. The molecular formula is C15H20BrN. The molecule has 1 atom stereocenters. The molecular weight excluding hydrogens is 274 g/mol. The second-order valence-corrected chi connectivity index (χ2v) is 6.37. The normalized spacial score (nSPS) is 25.1. The molecule has 0 aromatic heterocycles. The van der Waals surface area contributed by atoms with Crippen LogP contribution < -0.4 is 5.32 Å². The molecule has 1 aliphatic heterocycles. The number of hydrogen-bond donors (Lipinski definition) is 1. The van der Waals surface area contributed by atoms with Gasteiger partial charge in [-0.3, -0.25) is 0 Å². The Hall–Kier alpha value is -0.500. The summed E-state index contributed by atoms with van der Waals surface area (Å²) in [5.41, 5.74) is 2.92. The number of hydrogen-bond acceptors (Lipinski definition) is 1. The van der Waals surface area contributed by atoms with Crippen LogP contribution in [0.15, 0.2) is 22.7 Å². The van der Waals surface area contributed by atoms with Crippen LogP contribution >= 0.6 is 15.9 Å². The quantitative estimate of drug-likeness (QED) is 0.774. The van der Waals surface area contributed by atoms with Gasteiger partial charge in [0.25, 0.3) is 0 Å². The van der Waals surface area contributed by atoms with Gasteiger partial charge in [-0.15, -0.1) is 0 Å². The van der Waals surface area contributed by atoms with Gasteiger partial charge in [0.2, 0.25) is 0 Å². The van der Waals surface area contributed by atoms with E-state index in [0.717, 1.165) is 18.4 Å². The minimum atomic E-state index is 0.805. The molecule has 2 heteroatoms. The van der Waals surface area contributed by atoms with Crippen molar-refractivity contribution in [1.29, 1.82) is 0 Å². The second-order valence-electron chi connectivity index (χ2n) is 5.45. The number of fused-ring (bicyclic) bond motifs is 1. The molecule has 1 N–H and O–H groups in total. The number of rotatable bonds is 1. The zero-order valence-electron chi connectivity index (χ0n) is 10.2. The smallest absolute Gasteiger partial charge is 0.0387 e. The highest BCUT2D eigenvalue weighted by molar-refractivity contribution is 9.10. The summed E-state index contributed by atoms with van der Waals surface area (Å²) in [6.45, 7) is 1.14. The fourth-order valence-corrected chi connectivity index (χ4v) is 3.91. The fraction of sp³-hybridized carbons (Fsp3) is 0.600. The van der Waals surface area contributed by atoms with Crippen LogP contribution in [0.5, 0.6) is 0 Å². The second kappa shape index (κ2) is 5.01. The Balaban J connectivity index is 1.88. The number of nitrogens with one attached hydrogen (secondary N) is 1. The van der Waals surface area contributed by atoms with Gasteiger partial charge < -0.3 is 5.32 Å². The van der Waals surface area contributed by atoms with Gasteiger partial charge in [0.15, 0.2) is 0 Å². The van der Waals surface area contributed by atoms with Crippen molar-refractivity contribution in [3.05, 3.63) is 28.2 Å². The fourth-order valence-electron chi connectivity index (χ4n) is 3.55. The van der Waals surface area contributed by atoms with Gasteiger partial charge in [-0.2, -0.15) is 0 Å². The summed E-state index contributed by atoms with van der Waals surface area (Å²) >= 11 is 3.57. The van der Waals surface area contributed by atoms with Gasteiger partial charge in [-0.05, 0) is 48.8 Å². The van der Waals surface area contributed by atoms with E-state index in [9.17, 15) is 0 Å². The zero-order valence-corrected chi connectivity index (χ0v) is 11.8. The molecule has 1 nitrogen and oxygen atoms in total. The van der Waals surface area contributed by atoms with Crippen LogP contribution in [0, 0.1) is 5.92 Å². The molecule has 2 aliphatic rings. The average molecular weight is 294 g/mol. The third-order valence-electron chi connectivity index (χ3n) is 4.40. The molecule has 1 unspecified atom stereocenters. The minimum Gasteiger partial charge on any atom is -0.385 e. The lowest BCUT2D eigenvalue weighted by molar-refractivity contribution is 0.294. The van der Waals surface area contributed by atoms with Gasteiger partial charge in [-0.1, -0.05) is 41.3 Å². The van der Waals surface area contributed by atoms with Crippen molar-refractivity contribution in [3.8, 4) is 0 Å². The highest BCUT2D eigenvalue weighted by Gasteiger charge is 2.28. The van der Waals surface area contributed by atoms with Crippen molar-refractivity contribution in [1.82, 2.24) is 0 Å². The van der Waals surface area contributed by atoms with Crippen molar-refractivity contribution >= 4 is 21.6 Å². The maximum Gasteiger partial charge on any atom is 0.0387 e. The van der Waals surface area contributed by atoms with Crippen LogP contribution in [0.4, 0.5) is 5.69 Å². The molecule has 0 saturated heterocycles. The summed E-state index contributed by atoms with van der Waals surface area (Å²) in [6, 6.07) is 6.76. The molecule has 1 fully saturated rings. The molecule has 1 aromatic rings. The molecule has 0 spiro atoms. The predicted molar refractivity (Wildman–Crippen MR) is 76.6 cm³/mol. The van der Waals surface area contributed by atoms with Crippen molar-refractivity contribution in [2.75, 3.05) is 11.9 Å². The van der Waals surface area contributed by atoms with E-state index in [1.165, 1.54) is 48.7 Å². The largest absolute Gasteiger partial charge is 0.385 e. The molecule has 92 valence electrons. The van der Waals surface area contributed by atoms with Crippen molar-refractivity contribution in [2.45, 2.75) is 44.4 Å². The van der Waals surface area contributed by atoms with Gasteiger partial charge >= 0.3 is 0 Å². The molecule has 1 saturated carbocycles. The van der Waals surface area contributed by atoms with E-state index < -0.39 is 0 Å². The molecule has 17 heavy (non-hydrogen) atoms. The lowest BCUT2D eigenvalue weighted by atomic mass is 9.74. The maximum absolute atomic E-state index is 3.57. The third-order valence-corrected chi connectivity index (χ3v) is 4.90. The Morgan fingerprint density at radius 2 is 1.88 bits per heavy atom. The van der Waals surface area contributed by atoms with Crippen LogP contribution in [0.25, 0.3) is 0 Å². The molecule has 1 aliphatic carbocycles. The molecule has 1 heterocycles. The van der Waals surface area contributed by atoms with Crippen LogP contribution in [0.3, 0.4) is 0 Å². The van der Waals surface area contributed by atoms with Gasteiger partial charge in [0.05, 0.1) is 0 Å². The van der Waals surface area contributed by atoms with Crippen LogP contribution in [-0.4, -0.2) is 6.54 Å². The Morgan fingerprint density at radius 3 is 2.71 bits per heavy atom. The van der Waals surface area contributed by atoms with Crippen LogP contribution in [0.1, 0.15) is 50.0 Å². The van der Waals surface area contributed by atoms with Crippen molar-refractivity contribution < 1.29 is 0 Å². The Morgan fingerprint density at radius 1 is 1.06 bits per heavy atom. The summed E-state index contributed by atoms with van der Waals surface area (Å²) < 4.78 is 1.19. The minimum absolute atomic E-state index is 0.805. The molecule has 0 amide bonds. The summed E-state index contributed by atoms with van der Waals surface area (Å²) in [7, 11) is 0. The lowest BCUT2D eigenvalue weighted by Crippen LogP contribution is -2.24. The van der Waals surface area contributed by atoms with Crippen molar-refractivity contribution in [2.24, 2.45) is 5.92 Å². The van der Waals surface area contributed by atoms with Gasteiger partial charge in [0.1, 0.15) is 0 Å².